The molecule has 1 aromatic rings. The lowest BCUT2D eigenvalue weighted by molar-refractivity contribution is -0.115. The molecule has 1 aromatic carbocycles. The highest BCUT2D eigenvalue weighted by atomic mass is 35.5. The number of hydrogen-bond acceptors (Lipinski definition) is 4. The van der Waals surface area contributed by atoms with Gasteiger partial charge in [-0.1, -0.05) is 11.6 Å². The number of halogens is 1. The van der Waals surface area contributed by atoms with E-state index in [1.54, 1.807) is 12.1 Å². The number of carbonyl (C=O) groups is 1. The van der Waals surface area contributed by atoms with E-state index in [4.69, 9.17) is 21.1 Å². The molecular formula is C13H16ClNO3S. The zero-order valence-electron chi connectivity index (χ0n) is 10.9. The summed E-state index contributed by atoms with van der Waals surface area (Å²) in [7, 11) is 0. The van der Waals surface area contributed by atoms with Gasteiger partial charge in [-0.2, -0.15) is 11.8 Å². The minimum absolute atomic E-state index is 0.0797. The summed E-state index contributed by atoms with van der Waals surface area (Å²) < 4.78 is 11.1. The summed E-state index contributed by atoms with van der Waals surface area (Å²) in [6.45, 7) is 3.05. The van der Waals surface area contributed by atoms with Gasteiger partial charge in [0.15, 0.2) is 11.5 Å². The number of hydrogen-bond donors (Lipinski definition) is 1. The van der Waals surface area contributed by atoms with Crippen LogP contribution in [-0.4, -0.2) is 30.6 Å². The van der Waals surface area contributed by atoms with Crippen LogP contribution in [0, 0.1) is 0 Å². The van der Waals surface area contributed by atoms with Crippen molar-refractivity contribution in [3.8, 4) is 11.5 Å². The summed E-state index contributed by atoms with van der Waals surface area (Å²) in [5, 5.41) is 3.12. The van der Waals surface area contributed by atoms with Gasteiger partial charge in [-0.25, -0.2) is 0 Å². The fraction of sp³-hybridized carbons (Fsp3) is 0.462. The number of fused-ring (bicyclic) bond motifs is 1. The van der Waals surface area contributed by atoms with Gasteiger partial charge < -0.3 is 14.8 Å². The Morgan fingerprint density at radius 3 is 2.63 bits per heavy atom. The van der Waals surface area contributed by atoms with E-state index in [2.05, 4.69) is 5.32 Å². The predicted molar refractivity (Wildman–Crippen MR) is 78.7 cm³/mol. The summed E-state index contributed by atoms with van der Waals surface area (Å²) in [6.07, 6.45) is 2.72. The zero-order chi connectivity index (χ0) is 13.8. The maximum atomic E-state index is 11.9. The lowest BCUT2D eigenvalue weighted by Crippen LogP contribution is -2.22. The molecule has 0 aromatic heterocycles. The average Bonchev–Trinajstić information content (AvgIpc) is 2.63. The smallest absolute Gasteiger partial charge is 0.237 e. The molecule has 1 N–H and O–H groups in total. The Kier molecular flexibility index (Phi) is 4.82. The van der Waals surface area contributed by atoms with Crippen LogP contribution in [0.4, 0.5) is 5.69 Å². The minimum Gasteiger partial charge on any atom is -0.490 e. The monoisotopic (exact) mass is 301 g/mol. The number of thioether (sulfide) groups is 1. The predicted octanol–water partition coefficient (Wildman–Crippen LogP) is 3.19. The van der Waals surface area contributed by atoms with Crippen LogP contribution in [0.2, 0.25) is 5.02 Å². The second kappa shape index (κ2) is 6.39. The summed E-state index contributed by atoms with van der Waals surface area (Å²) in [5.74, 6) is 1.16. The summed E-state index contributed by atoms with van der Waals surface area (Å²) in [6, 6.07) is 3.40. The van der Waals surface area contributed by atoms with Gasteiger partial charge >= 0.3 is 0 Å². The summed E-state index contributed by atoms with van der Waals surface area (Å²) in [4.78, 5) is 11.9. The molecule has 1 atom stereocenters. The highest BCUT2D eigenvalue weighted by Crippen LogP contribution is 2.37. The molecule has 6 heteroatoms. The standard InChI is InChI=1S/C13H16ClNO3S/c1-8(19-2)13(16)15-10-7-12-11(6-9(10)14)17-4-3-5-18-12/h6-8H,3-5H2,1-2H3,(H,15,16). The fourth-order valence-corrected chi connectivity index (χ4v) is 2.10. The first kappa shape index (κ1) is 14.3. The highest BCUT2D eigenvalue weighted by Gasteiger charge is 2.17. The van der Waals surface area contributed by atoms with Crippen molar-refractivity contribution >= 4 is 35.0 Å². The molecule has 104 valence electrons. The highest BCUT2D eigenvalue weighted by molar-refractivity contribution is 7.99. The molecule has 0 spiro atoms. The Balaban J connectivity index is 2.22. The Labute approximate surface area is 121 Å². The van der Waals surface area contributed by atoms with Gasteiger partial charge in [0, 0.05) is 18.6 Å². The molecule has 1 heterocycles. The third-order valence-electron chi connectivity index (χ3n) is 2.82. The van der Waals surface area contributed by atoms with Crippen molar-refractivity contribution in [2.45, 2.75) is 18.6 Å². The molecule has 19 heavy (non-hydrogen) atoms. The molecule has 1 aliphatic rings. The van der Waals surface area contributed by atoms with Crippen molar-refractivity contribution in [2.75, 3.05) is 24.8 Å². The second-order valence-corrected chi connectivity index (χ2v) is 5.78. The van der Waals surface area contributed by atoms with Gasteiger partial charge in [-0.15, -0.1) is 0 Å². The lowest BCUT2D eigenvalue weighted by Gasteiger charge is -2.14. The van der Waals surface area contributed by atoms with Crippen LogP contribution in [0.25, 0.3) is 0 Å². The number of carbonyl (C=O) groups excluding carboxylic acids is 1. The molecule has 0 bridgehead atoms. The summed E-state index contributed by atoms with van der Waals surface area (Å²) >= 11 is 7.63. The molecule has 1 aliphatic heterocycles. The van der Waals surface area contributed by atoms with Crippen LogP contribution in [0.15, 0.2) is 12.1 Å². The maximum Gasteiger partial charge on any atom is 0.237 e. The third kappa shape index (κ3) is 3.48. The van der Waals surface area contributed by atoms with E-state index in [0.29, 0.717) is 35.4 Å². The average molecular weight is 302 g/mol. The molecule has 0 saturated carbocycles. The lowest BCUT2D eigenvalue weighted by atomic mass is 10.2. The number of anilines is 1. The van der Waals surface area contributed by atoms with Gasteiger partial charge in [0.05, 0.1) is 29.2 Å². The van der Waals surface area contributed by atoms with Gasteiger partial charge in [-0.05, 0) is 13.2 Å². The van der Waals surface area contributed by atoms with Crippen molar-refractivity contribution in [3.05, 3.63) is 17.2 Å². The third-order valence-corrected chi connectivity index (χ3v) is 4.05. The second-order valence-electron chi connectivity index (χ2n) is 4.20. The van der Waals surface area contributed by atoms with Crippen LogP contribution >= 0.6 is 23.4 Å². The number of rotatable bonds is 3. The van der Waals surface area contributed by atoms with Crippen LogP contribution in [0.5, 0.6) is 11.5 Å². The molecule has 2 rings (SSSR count). The number of ether oxygens (including phenoxy) is 2. The van der Waals surface area contributed by atoms with E-state index < -0.39 is 0 Å². The van der Waals surface area contributed by atoms with Crippen molar-refractivity contribution in [1.29, 1.82) is 0 Å². The van der Waals surface area contributed by atoms with Crippen molar-refractivity contribution in [2.24, 2.45) is 0 Å². The van der Waals surface area contributed by atoms with Crippen LogP contribution in [0.1, 0.15) is 13.3 Å². The van der Waals surface area contributed by atoms with Gasteiger partial charge in [0.25, 0.3) is 0 Å². The van der Waals surface area contributed by atoms with Crippen molar-refractivity contribution in [1.82, 2.24) is 0 Å². The first-order valence-electron chi connectivity index (χ1n) is 6.04. The van der Waals surface area contributed by atoms with Gasteiger partial charge in [0.1, 0.15) is 0 Å². The molecule has 0 fully saturated rings. The van der Waals surface area contributed by atoms with Crippen molar-refractivity contribution in [3.63, 3.8) is 0 Å². The minimum atomic E-state index is -0.132. The number of amides is 1. The molecule has 1 unspecified atom stereocenters. The zero-order valence-corrected chi connectivity index (χ0v) is 12.4. The quantitative estimate of drug-likeness (QED) is 0.931. The van der Waals surface area contributed by atoms with Crippen LogP contribution < -0.4 is 14.8 Å². The van der Waals surface area contributed by atoms with E-state index in [1.807, 2.05) is 13.2 Å². The Morgan fingerprint density at radius 2 is 2.00 bits per heavy atom. The largest absolute Gasteiger partial charge is 0.490 e. The molecular weight excluding hydrogens is 286 g/mol. The van der Waals surface area contributed by atoms with Gasteiger partial charge in [0.2, 0.25) is 5.91 Å². The Hall–Kier alpha value is -1.07. The molecule has 0 aliphatic carbocycles. The van der Waals surface area contributed by atoms with E-state index >= 15 is 0 Å². The summed E-state index contributed by atoms with van der Waals surface area (Å²) in [5.41, 5.74) is 0.553. The normalized spacial score (nSPS) is 15.5. The Bertz CT molecular complexity index is 481. The Morgan fingerprint density at radius 1 is 1.37 bits per heavy atom. The molecule has 1 amide bonds. The van der Waals surface area contributed by atoms with Crippen LogP contribution in [-0.2, 0) is 4.79 Å². The molecule has 0 saturated heterocycles. The van der Waals surface area contributed by atoms with Crippen molar-refractivity contribution < 1.29 is 14.3 Å². The number of benzene rings is 1. The number of nitrogens with one attached hydrogen (secondary N) is 1. The van der Waals surface area contributed by atoms with E-state index in [-0.39, 0.29) is 11.2 Å². The van der Waals surface area contributed by atoms with E-state index in [0.717, 1.165) is 6.42 Å². The van der Waals surface area contributed by atoms with E-state index in [9.17, 15) is 4.79 Å². The molecule has 4 nitrogen and oxygen atoms in total. The van der Waals surface area contributed by atoms with E-state index in [1.165, 1.54) is 11.8 Å². The SMILES string of the molecule is CSC(C)C(=O)Nc1cc2c(cc1Cl)OCCCO2. The van der Waals surface area contributed by atoms with Crippen LogP contribution in [0.3, 0.4) is 0 Å². The fourth-order valence-electron chi connectivity index (χ4n) is 1.62. The molecule has 0 radical (unpaired) electrons. The topological polar surface area (TPSA) is 47.6 Å². The first-order valence-corrected chi connectivity index (χ1v) is 7.71. The first-order chi connectivity index (χ1) is 9.11. The van der Waals surface area contributed by atoms with Gasteiger partial charge in [-0.3, -0.25) is 4.79 Å². The maximum absolute atomic E-state index is 11.9.